The van der Waals surface area contributed by atoms with E-state index < -0.39 is 39.9 Å². The van der Waals surface area contributed by atoms with Crippen LogP contribution in [0.2, 0.25) is 0 Å². The van der Waals surface area contributed by atoms with Crippen LogP contribution in [0.25, 0.3) is 6.08 Å². The molecule has 2 N–H and O–H groups in total. The second kappa shape index (κ2) is 10.6. The minimum atomic E-state index is -4.79. The minimum Gasteiger partial charge on any atom is -0.490 e. The highest BCUT2D eigenvalue weighted by Gasteiger charge is 2.34. The summed E-state index contributed by atoms with van der Waals surface area (Å²) >= 11 is 4.78. The number of carbonyl (C=O) groups is 2. The van der Waals surface area contributed by atoms with Crippen molar-refractivity contribution in [2.75, 3.05) is 6.61 Å². The molecule has 1 aliphatic rings. The first kappa shape index (κ1) is 26.3. The van der Waals surface area contributed by atoms with Gasteiger partial charge in [-0.2, -0.15) is 13.2 Å². The molecule has 1 fully saturated rings. The van der Waals surface area contributed by atoms with Crippen LogP contribution < -0.4 is 20.1 Å². The molecule has 0 unspecified atom stereocenters. The summed E-state index contributed by atoms with van der Waals surface area (Å²) in [5.41, 5.74) is -1.61. The maximum atomic E-state index is 13.1. The molecule has 9 nitrogen and oxygen atoms in total. The number of rotatable bonds is 8. The molecule has 2 amide bonds. The van der Waals surface area contributed by atoms with Gasteiger partial charge in [0.2, 0.25) is 5.75 Å². The molecule has 2 aromatic carbocycles. The highest BCUT2D eigenvalue weighted by atomic mass is 32.1. The Balaban J connectivity index is 2.13. The summed E-state index contributed by atoms with van der Waals surface area (Å²) in [6.07, 6.45) is -1.85. The lowest BCUT2D eigenvalue weighted by molar-refractivity contribution is -0.385. The Bertz CT molecular complexity index is 1280. The number of allylic oxidation sites excluding steroid dienone is 1. The first-order valence-electron chi connectivity index (χ1n) is 10.3. The lowest BCUT2D eigenvalue weighted by Gasteiger charge is -2.18. The molecule has 36 heavy (non-hydrogen) atoms. The van der Waals surface area contributed by atoms with Crippen LogP contribution in [0.3, 0.4) is 0 Å². The molecule has 0 bridgehead atoms. The molecular weight excluding hydrogens is 503 g/mol. The van der Waals surface area contributed by atoms with E-state index in [1.807, 2.05) is 0 Å². The maximum Gasteiger partial charge on any atom is 0.416 e. The molecule has 0 atom stereocenters. The van der Waals surface area contributed by atoms with E-state index in [1.54, 1.807) is 6.92 Å². The third kappa shape index (κ3) is 5.86. The number of nitro groups is 1. The molecule has 188 valence electrons. The van der Waals surface area contributed by atoms with Crippen molar-refractivity contribution in [1.29, 1.82) is 0 Å². The molecule has 1 aliphatic heterocycles. The number of nitrogens with zero attached hydrogens (tertiary/aromatic N) is 1. The standard InChI is InChI=1S/C23H18F3N3O6S/c1-3-5-13-8-12(9-15-20(30)27-22(36)28-21(15)31)10-18(34-4-2)19(13)35-17-7-6-14(23(24,25)26)11-16(17)29(32)33/h3,6-11H,1,4-5H2,2H3,(H2,27,28,30,31,36). The first-order chi connectivity index (χ1) is 16.9. The van der Waals surface area contributed by atoms with Gasteiger partial charge >= 0.3 is 11.9 Å². The fourth-order valence-electron chi connectivity index (χ4n) is 3.26. The van der Waals surface area contributed by atoms with Crippen molar-refractivity contribution in [1.82, 2.24) is 10.6 Å². The molecule has 0 aromatic heterocycles. The zero-order chi connectivity index (χ0) is 26.6. The van der Waals surface area contributed by atoms with Crippen LogP contribution in [0.5, 0.6) is 17.2 Å². The van der Waals surface area contributed by atoms with Gasteiger partial charge in [-0.05, 0) is 61.5 Å². The van der Waals surface area contributed by atoms with Crippen molar-refractivity contribution in [3.8, 4) is 17.2 Å². The van der Waals surface area contributed by atoms with E-state index in [0.717, 1.165) is 6.07 Å². The summed E-state index contributed by atoms with van der Waals surface area (Å²) in [6.45, 7) is 5.45. The van der Waals surface area contributed by atoms with E-state index in [4.69, 9.17) is 21.7 Å². The first-order valence-corrected chi connectivity index (χ1v) is 10.7. The number of nitrogens with one attached hydrogen (secondary N) is 2. The van der Waals surface area contributed by atoms with Crippen molar-refractivity contribution < 1.29 is 37.2 Å². The fourth-order valence-corrected chi connectivity index (χ4v) is 3.44. The van der Waals surface area contributed by atoms with Crippen molar-refractivity contribution in [3.05, 3.63) is 75.4 Å². The number of alkyl halides is 3. The lowest BCUT2D eigenvalue weighted by atomic mass is 10.0. The molecule has 3 rings (SSSR count). The Morgan fingerprint density at radius 1 is 1.14 bits per heavy atom. The zero-order valence-electron chi connectivity index (χ0n) is 18.6. The number of halogens is 3. The van der Waals surface area contributed by atoms with Gasteiger partial charge in [0.05, 0.1) is 17.1 Å². The van der Waals surface area contributed by atoms with Gasteiger partial charge in [-0.15, -0.1) is 6.58 Å². The van der Waals surface area contributed by atoms with Crippen LogP contribution in [0.1, 0.15) is 23.6 Å². The fraction of sp³-hybridized carbons (Fsp3) is 0.174. The third-order valence-corrected chi connectivity index (χ3v) is 4.97. The average molecular weight is 521 g/mol. The highest BCUT2D eigenvalue weighted by Crippen LogP contribution is 2.42. The highest BCUT2D eigenvalue weighted by molar-refractivity contribution is 7.80. The van der Waals surface area contributed by atoms with Gasteiger partial charge in [0.15, 0.2) is 16.6 Å². The van der Waals surface area contributed by atoms with E-state index >= 15 is 0 Å². The number of carbonyl (C=O) groups excluding carboxylic acids is 2. The quantitative estimate of drug-likeness (QED) is 0.132. The number of hydrogen-bond acceptors (Lipinski definition) is 7. The summed E-state index contributed by atoms with van der Waals surface area (Å²) in [5, 5.41) is 16.0. The normalized spacial score (nSPS) is 13.6. The third-order valence-electron chi connectivity index (χ3n) is 4.77. The van der Waals surface area contributed by atoms with E-state index in [0.29, 0.717) is 23.3 Å². The summed E-state index contributed by atoms with van der Waals surface area (Å²) in [5.74, 6) is -1.80. The maximum absolute atomic E-state index is 13.1. The number of thiocarbonyl (C=S) groups is 1. The van der Waals surface area contributed by atoms with E-state index in [-0.39, 0.29) is 35.2 Å². The second-order valence-electron chi connectivity index (χ2n) is 7.27. The van der Waals surface area contributed by atoms with Crippen LogP contribution in [-0.4, -0.2) is 28.5 Å². The Morgan fingerprint density at radius 2 is 1.81 bits per heavy atom. The van der Waals surface area contributed by atoms with Gasteiger partial charge in [-0.1, -0.05) is 6.08 Å². The lowest BCUT2D eigenvalue weighted by Crippen LogP contribution is -2.51. The number of amides is 2. The van der Waals surface area contributed by atoms with E-state index in [1.165, 1.54) is 24.3 Å². The Hall–Kier alpha value is -4.26. The zero-order valence-corrected chi connectivity index (χ0v) is 19.4. The monoisotopic (exact) mass is 521 g/mol. The average Bonchev–Trinajstić information content (AvgIpc) is 2.78. The van der Waals surface area contributed by atoms with Gasteiger partial charge in [0, 0.05) is 11.6 Å². The van der Waals surface area contributed by atoms with Crippen molar-refractivity contribution in [2.24, 2.45) is 0 Å². The van der Waals surface area contributed by atoms with E-state index in [9.17, 15) is 32.9 Å². The van der Waals surface area contributed by atoms with Gasteiger partial charge in [-0.25, -0.2) is 0 Å². The van der Waals surface area contributed by atoms with Gasteiger partial charge < -0.3 is 9.47 Å². The van der Waals surface area contributed by atoms with Crippen LogP contribution in [0.15, 0.2) is 48.6 Å². The molecule has 0 aliphatic carbocycles. The van der Waals surface area contributed by atoms with Crippen molar-refractivity contribution in [2.45, 2.75) is 19.5 Å². The molecule has 0 spiro atoms. The molecule has 0 saturated carbocycles. The van der Waals surface area contributed by atoms with Crippen LogP contribution in [-0.2, 0) is 22.2 Å². The molecular formula is C23H18F3N3O6S. The Morgan fingerprint density at radius 3 is 2.36 bits per heavy atom. The van der Waals surface area contributed by atoms with Crippen LogP contribution >= 0.6 is 12.2 Å². The number of benzene rings is 2. The van der Waals surface area contributed by atoms with Gasteiger partial charge in [0.1, 0.15) is 5.57 Å². The van der Waals surface area contributed by atoms with E-state index in [2.05, 4.69) is 17.2 Å². The second-order valence-corrected chi connectivity index (χ2v) is 7.68. The molecule has 1 saturated heterocycles. The topological polar surface area (TPSA) is 120 Å². The summed E-state index contributed by atoms with van der Waals surface area (Å²) < 4.78 is 50.5. The SMILES string of the molecule is C=CCc1cc(C=C2C(=O)NC(=S)NC2=O)cc(OCC)c1Oc1ccc(C(F)(F)F)cc1[N+](=O)[O-]. The number of hydrogen-bond donors (Lipinski definition) is 2. The molecule has 1 heterocycles. The summed E-state index contributed by atoms with van der Waals surface area (Å²) in [6, 6.07) is 4.84. The van der Waals surface area contributed by atoms with Crippen molar-refractivity contribution >= 4 is 40.9 Å². The molecule has 13 heteroatoms. The number of ether oxygens (including phenoxy) is 2. The Labute approximate surface area is 207 Å². The largest absolute Gasteiger partial charge is 0.490 e. The summed E-state index contributed by atoms with van der Waals surface area (Å²) in [4.78, 5) is 34.9. The Kier molecular flexibility index (Phi) is 7.73. The summed E-state index contributed by atoms with van der Waals surface area (Å²) in [7, 11) is 0. The molecule has 0 radical (unpaired) electrons. The minimum absolute atomic E-state index is 0.000448. The molecule has 2 aromatic rings. The van der Waals surface area contributed by atoms with Crippen molar-refractivity contribution in [3.63, 3.8) is 0 Å². The predicted molar refractivity (Wildman–Crippen MR) is 127 cm³/mol. The van der Waals surface area contributed by atoms with Gasteiger partial charge in [-0.3, -0.25) is 30.3 Å². The predicted octanol–water partition coefficient (Wildman–Crippen LogP) is 4.45. The van der Waals surface area contributed by atoms with Gasteiger partial charge in [0.25, 0.3) is 11.8 Å². The smallest absolute Gasteiger partial charge is 0.416 e. The number of nitro benzene ring substituents is 1. The van der Waals surface area contributed by atoms with Crippen LogP contribution in [0.4, 0.5) is 18.9 Å². The van der Waals surface area contributed by atoms with Crippen LogP contribution in [0, 0.1) is 10.1 Å².